The van der Waals surface area contributed by atoms with Gasteiger partial charge in [-0.1, -0.05) is 0 Å². The molecule has 14 heavy (non-hydrogen) atoms. The summed E-state index contributed by atoms with van der Waals surface area (Å²) in [6.07, 6.45) is 0. The van der Waals surface area contributed by atoms with Gasteiger partial charge in [0.05, 0.1) is 6.61 Å². The molecule has 0 aromatic heterocycles. The van der Waals surface area contributed by atoms with E-state index < -0.39 is 0 Å². The van der Waals surface area contributed by atoms with Gasteiger partial charge in [-0.25, -0.2) is 0 Å². The molecule has 3 N–H and O–H groups in total. The van der Waals surface area contributed by atoms with Crippen molar-refractivity contribution in [3.8, 4) is 0 Å². The third-order valence-electron chi connectivity index (χ3n) is 1.76. The van der Waals surface area contributed by atoms with E-state index >= 15 is 0 Å². The van der Waals surface area contributed by atoms with Crippen molar-refractivity contribution in [1.29, 1.82) is 0 Å². The fourth-order valence-electron chi connectivity index (χ4n) is 1.08. The predicted octanol–water partition coefficient (Wildman–Crippen LogP) is 2.48. The van der Waals surface area contributed by atoms with Crippen LogP contribution in [0.2, 0.25) is 0 Å². The number of benzene rings is 1. The normalized spacial score (nSPS) is 10.1. The van der Waals surface area contributed by atoms with E-state index in [1.807, 2.05) is 25.1 Å². The maximum Gasteiger partial charge on any atom is 0.0638 e. The SMILES string of the molecule is CCOCCNc1ccc(N)cc1Br. The predicted molar refractivity (Wildman–Crippen MR) is 63.5 cm³/mol. The highest BCUT2D eigenvalue weighted by molar-refractivity contribution is 9.10. The summed E-state index contributed by atoms with van der Waals surface area (Å²) in [6.45, 7) is 4.26. The van der Waals surface area contributed by atoms with Gasteiger partial charge in [-0.15, -0.1) is 0 Å². The first-order valence-corrected chi connectivity index (χ1v) is 5.40. The third kappa shape index (κ3) is 3.55. The van der Waals surface area contributed by atoms with Gasteiger partial charge in [0.1, 0.15) is 0 Å². The average Bonchev–Trinajstić information content (AvgIpc) is 2.15. The van der Waals surface area contributed by atoms with Gasteiger partial charge < -0.3 is 15.8 Å². The minimum atomic E-state index is 0.716. The molecular formula is C10H15BrN2O. The van der Waals surface area contributed by atoms with Crippen molar-refractivity contribution in [2.45, 2.75) is 6.92 Å². The van der Waals surface area contributed by atoms with Crippen LogP contribution in [0, 0.1) is 0 Å². The van der Waals surface area contributed by atoms with E-state index in [1.165, 1.54) is 0 Å². The topological polar surface area (TPSA) is 47.3 Å². The van der Waals surface area contributed by atoms with Gasteiger partial charge in [0.2, 0.25) is 0 Å². The van der Waals surface area contributed by atoms with Crippen LogP contribution in [-0.4, -0.2) is 19.8 Å². The van der Waals surface area contributed by atoms with Crippen LogP contribution >= 0.6 is 15.9 Å². The molecule has 0 spiro atoms. The molecule has 3 nitrogen and oxygen atoms in total. The van der Waals surface area contributed by atoms with Crippen LogP contribution in [0.1, 0.15) is 6.92 Å². The number of nitrogens with two attached hydrogens (primary N) is 1. The van der Waals surface area contributed by atoms with Crippen LogP contribution in [0.3, 0.4) is 0 Å². The minimum Gasteiger partial charge on any atom is -0.399 e. The van der Waals surface area contributed by atoms with Crippen molar-refractivity contribution in [1.82, 2.24) is 0 Å². The smallest absolute Gasteiger partial charge is 0.0638 e. The van der Waals surface area contributed by atoms with Crippen molar-refractivity contribution in [3.05, 3.63) is 22.7 Å². The second-order valence-corrected chi connectivity index (χ2v) is 3.72. The lowest BCUT2D eigenvalue weighted by Crippen LogP contribution is -2.09. The Balaban J connectivity index is 2.42. The number of anilines is 2. The molecule has 0 atom stereocenters. The van der Waals surface area contributed by atoms with Gasteiger partial charge in [-0.2, -0.15) is 0 Å². The summed E-state index contributed by atoms with van der Waals surface area (Å²) in [5.41, 5.74) is 7.42. The molecule has 0 bridgehead atoms. The summed E-state index contributed by atoms with van der Waals surface area (Å²) in [6, 6.07) is 5.70. The molecule has 78 valence electrons. The highest BCUT2D eigenvalue weighted by Crippen LogP contribution is 2.24. The quantitative estimate of drug-likeness (QED) is 0.630. The van der Waals surface area contributed by atoms with Crippen LogP contribution in [0.5, 0.6) is 0 Å². The molecule has 4 heteroatoms. The molecule has 0 heterocycles. The van der Waals surface area contributed by atoms with Crippen LogP contribution in [0.25, 0.3) is 0 Å². The Morgan fingerprint density at radius 1 is 1.50 bits per heavy atom. The zero-order valence-electron chi connectivity index (χ0n) is 8.22. The largest absolute Gasteiger partial charge is 0.399 e. The molecule has 0 radical (unpaired) electrons. The number of nitrogens with one attached hydrogen (secondary N) is 1. The molecule has 0 aliphatic carbocycles. The number of nitrogen functional groups attached to an aromatic ring is 1. The Hall–Kier alpha value is -0.740. The van der Waals surface area contributed by atoms with Gasteiger partial charge >= 0.3 is 0 Å². The van der Waals surface area contributed by atoms with Gasteiger partial charge in [0.25, 0.3) is 0 Å². The van der Waals surface area contributed by atoms with E-state index in [4.69, 9.17) is 10.5 Å². The summed E-state index contributed by atoms with van der Waals surface area (Å²) in [7, 11) is 0. The lowest BCUT2D eigenvalue weighted by atomic mass is 10.3. The van der Waals surface area contributed by atoms with Crippen LogP contribution < -0.4 is 11.1 Å². The Labute approximate surface area is 92.8 Å². The Bertz CT molecular complexity index is 291. The van der Waals surface area contributed by atoms with E-state index in [9.17, 15) is 0 Å². The Kier molecular flexibility index (Phi) is 4.76. The van der Waals surface area contributed by atoms with Crippen molar-refractivity contribution in [2.24, 2.45) is 0 Å². The zero-order chi connectivity index (χ0) is 10.4. The van der Waals surface area contributed by atoms with E-state index in [2.05, 4.69) is 21.2 Å². The van der Waals surface area contributed by atoms with Gasteiger partial charge in [0, 0.05) is 29.0 Å². The van der Waals surface area contributed by atoms with Gasteiger partial charge in [0.15, 0.2) is 0 Å². The first-order valence-electron chi connectivity index (χ1n) is 4.60. The van der Waals surface area contributed by atoms with E-state index in [0.29, 0.717) is 6.61 Å². The Morgan fingerprint density at radius 3 is 2.93 bits per heavy atom. The van der Waals surface area contributed by atoms with Crippen LogP contribution in [-0.2, 0) is 4.74 Å². The molecule has 1 aromatic carbocycles. The van der Waals surface area contributed by atoms with Crippen molar-refractivity contribution < 1.29 is 4.74 Å². The fourth-order valence-corrected chi connectivity index (χ4v) is 1.61. The highest BCUT2D eigenvalue weighted by atomic mass is 79.9. The second-order valence-electron chi connectivity index (χ2n) is 2.86. The molecule has 0 amide bonds. The minimum absolute atomic E-state index is 0.716. The standard InChI is InChI=1S/C10H15BrN2O/c1-2-14-6-5-13-10-4-3-8(12)7-9(10)11/h3-4,7,13H,2,5-6,12H2,1H3. The maximum atomic E-state index is 5.62. The first-order chi connectivity index (χ1) is 6.74. The summed E-state index contributed by atoms with van der Waals surface area (Å²) in [4.78, 5) is 0. The fraction of sp³-hybridized carbons (Fsp3) is 0.400. The second kappa shape index (κ2) is 5.88. The molecule has 1 rings (SSSR count). The molecule has 0 saturated carbocycles. The zero-order valence-corrected chi connectivity index (χ0v) is 9.80. The molecule has 1 aromatic rings. The van der Waals surface area contributed by atoms with E-state index in [-0.39, 0.29) is 0 Å². The number of hydrogen-bond donors (Lipinski definition) is 2. The van der Waals surface area contributed by atoms with Crippen molar-refractivity contribution in [3.63, 3.8) is 0 Å². The van der Waals surface area contributed by atoms with Crippen molar-refractivity contribution in [2.75, 3.05) is 30.8 Å². The van der Waals surface area contributed by atoms with Gasteiger partial charge in [-0.3, -0.25) is 0 Å². The summed E-state index contributed by atoms with van der Waals surface area (Å²) in [5.74, 6) is 0. The first kappa shape index (κ1) is 11.3. The summed E-state index contributed by atoms with van der Waals surface area (Å²) >= 11 is 3.43. The highest BCUT2D eigenvalue weighted by Gasteiger charge is 1.98. The maximum absolute atomic E-state index is 5.62. The van der Waals surface area contributed by atoms with Crippen LogP contribution in [0.15, 0.2) is 22.7 Å². The molecule has 0 fully saturated rings. The molecular weight excluding hydrogens is 244 g/mol. The number of ether oxygens (including phenoxy) is 1. The lowest BCUT2D eigenvalue weighted by molar-refractivity contribution is 0.158. The summed E-state index contributed by atoms with van der Waals surface area (Å²) < 4.78 is 6.20. The van der Waals surface area contributed by atoms with Gasteiger partial charge in [-0.05, 0) is 41.1 Å². The molecule has 0 saturated heterocycles. The number of halogens is 1. The average molecular weight is 259 g/mol. The number of rotatable bonds is 5. The number of hydrogen-bond acceptors (Lipinski definition) is 3. The van der Waals surface area contributed by atoms with Crippen molar-refractivity contribution >= 4 is 27.3 Å². The molecule has 0 unspecified atom stereocenters. The van der Waals surface area contributed by atoms with Crippen LogP contribution in [0.4, 0.5) is 11.4 Å². The third-order valence-corrected chi connectivity index (χ3v) is 2.42. The van der Waals surface area contributed by atoms with E-state index in [0.717, 1.165) is 29.0 Å². The molecule has 0 aliphatic rings. The lowest BCUT2D eigenvalue weighted by Gasteiger charge is -2.08. The Morgan fingerprint density at radius 2 is 2.29 bits per heavy atom. The summed E-state index contributed by atoms with van der Waals surface area (Å²) in [5, 5.41) is 3.25. The van der Waals surface area contributed by atoms with E-state index in [1.54, 1.807) is 0 Å². The molecule has 0 aliphatic heterocycles. The monoisotopic (exact) mass is 258 g/mol.